The molecule has 0 unspecified atom stereocenters. The summed E-state index contributed by atoms with van der Waals surface area (Å²) in [6.45, 7) is 4.34. The van der Waals surface area contributed by atoms with Gasteiger partial charge in [0, 0.05) is 37.9 Å². The highest BCUT2D eigenvalue weighted by molar-refractivity contribution is 5.79. The molecule has 144 valence electrons. The SMILES string of the molecule is Cc1ccc([C@@H](CNC(=O)C2CCN(c3ncccn3)CC2)N(C)C)cc1. The number of likely N-dealkylation sites (N-methyl/N-ethyl adjacent to an activating group) is 1. The van der Waals surface area contributed by atoms with Crippen molar-refractivity contribution in [1.82, 2.24) is 20.2 Å². The fourth-order valence-electron chi connectivity index (χ4n) is 3.52. The van der Waals surface area contributed by atoms with E-state index in [1.165, 1.54) is 11.1 Å². The number of nitrogens with zero attached hydrogens (tertiary/aromatic N) is 4. The van der Waals surface area contributed by atoms with Crippen LogP contribution < -0.4 is 10.2 Å². The molecular formula is C21H29N5O. The third-order valence-electron chi connectivity index (χ3n) is 5.26. The van der Waals surface area contributed by atoms with E-state index < -0.39 is 0 Å². The van der Waals surface area contributed by atoms with Crippen LogP contribution >= 0.6 is 0 Å². The van der Waals surface area contributed by atoms with E-state index in [9.17, 15) is 4.79 Å². The smallest absolute Gasteiger partial charge is 0.225 e. The number of piperidine rings is 1. The number of nitrogens with one attached hydrogen (secondary N) is 1. The van der Waals surface area contributed by atoms with Crippen LogP contribution in [0.4, 0.5) is 5.95 Å². The van der Waals surface area contributed by atoms with Gasteiger partial charge in [0.1, 0.15) is 0 Å². The first kappa shape index (κ1) is 19.3. The monoisotopic (exact) mass is 367 g/mol. The van der Waals surface area contributed by atoms with Crippen molar-refractivity contribution in [3.63, 3.8) is 0 Å². The predicted octanol–water partition coefficient (Wildman–Crippen LogP) is 2.42. The maximum Gasteiger partial charge on any atom is 0.225 e. The summed E-state index contributed by atoms with van der Waals surface area (Å²) in [7, 11) is 4.10. The zero-order valence-electron chi connectivity index (χ0n) is 16.4. The number of hydrogen-bond donors (Lipinski definition) is 1. The van der Waals surface area contributed by atoms with Crippen molar-refractivity contribution in [1.29, 1.82) is 0 Å². The standard InChI is InChI=1S/C21H29N5O/c1-16-5-7-17(8-6-16)19(25(2)3)15-24-20(27)18-9-13-26(14-10-18)21-22-11-4-12-23-21/h4-8,11-12,18-19H,9-10,13-15H2,1-3H3,(H,24,27)/t19-/m1/s1. The maximum atomic E-state index is 12.7. The van der Waals surface area contributed by atoms with Gasteiger partial charge in [0.2, 0.25) is 11.9 Å². The van der Waals surface area contributed by atoms with Crippen LogP contribution in [0.2, 0.25) is 0 Å². The van der Waals surface area contributed by atoms with Crippen LogP contribution in [0, 0.1) is 12.8 Å². The molecule has 1 saturated heterocycles. The highest BCUT2D eigenvalue weighted by Gasteiger charge is 2.26. The topological polar surface area (TPSA) is 61.4 Å². The van der Waals surface area contributed by atoms with Crippen LogP contribution in [-0.2, 0) is 4.79 Å². The molecule has 27 heavy (non-hydrogen) atoms. The van der Waals surface area contributed by atoms with Crippen LogP contribution in [0.25, 0.3) is 0 Å². The van der Waals surface area contributed by atoms with E-state index in [0.717, 1.165) is 31.9 Å². The van der Waals surface area contributed by atoms with Gasteiger partial charge in [-0.2, -0.15) is 0 Å². The maximum absolute atomic E-state index is 12.7. The lowest BCUT2D eigenvalue weighted by molar-refractivity contribution is -0.125. The van der Waals surface area contributed by atoms with Crippen molar-refractivity contribution >= 4 is 11.9 Å². The lowest BCUT2D eigenvalue weighted by atomic mass is 9.95. The Bertz CT molecular complexity index is 724. The molecule has 1 amide bonds. The van der Waals surface area contributed by atoms with Gasteiger partial charge >= 0.3 is 0 Å². The van der Waals surface area contributed by atoms with Crippen molar-refractivity contribution in [2.45, 2.75) is 25.8 Å². The molecule has 0 spiro atoms. The number of aromatic nitrogens is 2. The highest BCUT2D eigenvalue weighted by Crippen LogP contribution is 2.22. The summed E-state index contributed by atoms with van der Waals surface area (Å²) in [6.07, 6.45) is 5.18. The van der Waals surface area contributed by atoms with Gasteiger partial charge in [0.25, 0.3) is 0 Å². The molecule has 6 nitrogen and oxygen atoms in total. The lowest BCUT2D eigenvalue weighted by Crippen LogP contribution is -2.43. The molecule has 1 N–H and O–H groups in total. The minimum absolute atomic E-state index is 0.0609. The molecule has 1 atom stereocenters. The molecule has 0 aliphatic carbocycles. The third-order valence-corrected chi connectivity index (χ3v) is 5.26. The summed E-state index contributed by atoms with van der Waals surface area (Å²) in [5, 5.41) is 3.17. The van der Waals surface area contributed by atoms with Crippen LogP contribution in [0.15, 0.2) is 42.7 Å². The molecule has 0 saturated carbocycles. The van der Waals surface area contributed by atoms with E-state index in [-0.39, 0.29) is 17.9 Å². The summed E-state index contributed by atoms with van der Waals surface area (Å²) in [6, 6.07) is 10.5. The summed E-state index contributed by atoms with van der Waals surface area (Å²) < 4.78 is 0. The fraction of sp³-hybridized carbons (Fsp3) is 0.476. The second-order valence-electron chi connectivity index (χ2n) is 7.45. The van der Waals surface area contributed by atoms with E-state index in [0.29, 0.717) is 6.54 Å². The summed E-state index contributed by atoms with van der Waals surface area (Å²) in [5.74, 6) is 0.969. The minimum Gasteiger partial charge on any atom is -0.354 e. The quantitative estimate of drug-likeness (QED) is 0.850. The molecule has 1 aromatic carbocycles. The molecule has 1 fully saturated rings. The number of hydrogen-bond acceptors (Lipinski definition) is 5. The van der Waals surface area contributed by atoms with Crippen LogP contribution in [-0.4, -0.2) is 54.5 Å². The minimum atomic E-state index is 0.0609. The Labute approximate surface area is 161 Å². The molecule has 2 heterocycles. The molecule has 1 aromatic heterocycles. The van der Waals surface area contributed by atoms with E-state index in [1.807, 2.05) is 6.07 Å². The Kier molecular flexibility index (Phi) is 6.40. The van der Waals surface area contributed by atoms with Crippen LogP contribution in [0.3, 0.4) is 0 Å². The highest BCUT2D eigenvalue weighted by atomic mass is 16.1. The summed E-state index contributed by atoms with van der Waals surface area (Å²) >= 11 is 0. The van der Waals surface area contributed by atoms with E-state index in [4.69, 9.17) is 0 Å². The Morgan fingerprint density at radius 3 is 2.41 bits per heavy atom. The second-order valence-corrected chi connectivity index (χ2v) is 7.45. The molecule has 0 radical (unpaired) electrons. The average Bonchev–Trinajstić information content (AvgIpc) is 2.70. The van der Waals surface area contributed by atoms with Gasteiger partial charge in [0.05, 0.1) is 6.04 Å². The average molecular weight is 367 g/mol. The largest absolute Gasteiger partial charge is 0.354 e. The van der Waals surface area contributed by atoms with Crippen molar-refractivity contribution in [3.8, 4) is 0 Å². The number of rotatable bonds is 6. The van der Waals surface area contributed by atoms with Crippen molar-refractivity contribution in [3.05, 3.63) is 53.9 Å². The Balaban J connectivity index is 1.52. The fourth-order valence-corrected chi connectivity index (χ4v) is 3.52. The molecule has 1 aliphatic heterocycles. The zero-order valence-corrected chi connectivity index (χ0v) is 16.4. The second kappa shape index (κ2) is 8.95. The van der Waals surface area contributed by atoms with Gasteiger partial charge in [-0.15, -0.1) is 0 Å². The first-order valence-corrected chi connectivity index (χ1v) is 9.57. The Morgan fingerprint density at radius 1 is 1.19 bits per heavy atom. The molecule has 1 aliphatic rings. The Hall–Kier alpha value is -2.47. The normalized spacial score (nSPS) is 16.4. The molecule has 3 rings (SSSR count). The predicted molar refractivity (Wildman–Crippen MR) is 108 cm³/mol. The number of carbonyl (C=O) groups is 1. The van der Waals surface area contributed by atoms with E-state index in [1.54, 1.807) is 12.4 Å². The number of amides is 1. The first-order chi connectivity index (χ1) is 13.0. The van der Waals surface area contributed by atoms with Crippen molar-refractivity contribution in [2.24, 2.45) is 5.92 Å². The van der Waals surface area contributed by atoms with Gasteiger partial charge < -0.3 is 15.1 Å². The molecular weight excluding hydrogens is 338 g/mol. The number of aryl methyl sites for hydroxylation is 1. The number of carbonyl (C=O) groups excluding carboxylic acids is 1. The van der Waals surface area contributed by atoms with Gasteiger partial charge in [-0.25, -0.2) is 9.97 Å². The summed E-state index contributed by atoms with van der Waals surface area (Å²) in [5.41, 5.74) is 2.47. The Morgan fingerprint density at radius 2 is 1.81 bits per heavy atom. The zero-order chi connectivity index (χ0) is 19.2. The molecule has 2 aromatic rings. The molecule has 6 heteroatoms. The summed E-state index contributed by atoms with van der Waals surface area (Å²) in [4.78, 5) is 25.6. The van der Waals surface area contributed by atoms with E-state index in [2.05, 4.69) is 70.4 Å². The van der Waals surface area contributed by atoms with Crippen molar-refractivity contribution < 1.29 is 4.79 Å². The van der Waals surface area contributed by atoms with Gasteiger partial charge in [-0.3, -0.25) is 4.79 Å². The van der Waals surface area contributed by atoms with E-state index >= 15 is 0 Å². The van der Waals surface area contributed by atoms with Gasteiger partial charge in [-0.1, -0.05) is 29.8 Å². The lowest BCUT2D eigenvalue weighted by Gasteiger charge is -2.32. The van der Waals surface area contributed by atoms with Crippen LogP contribution in [0.5, 0.6) is 0 Å². The first-order valence-electron chi connectivity index (χ1n) is 9.57. The van der Waals surface area contributed by atoms with Crippen LogP contribution in [0.1, 0.15) is 30.0 Å². The van der Waals surface area contributed by atoms with Gasteiger partial charge in [-0.05, 0) is 45.5 Å². The third kappa shape index (κ3) is 5.04. The molecule has 0 bridgehead atoms. The number of benzene rings is 1. The van der Waals surface area contributed by atoms with Gasteiger partial charge in [0.15, 0.2) is 0 Å². The van der Waals surface area contributed by atoms with Crippen molar-refractivity contribution in [2.75, 3.05) is 38.6 Å². The number of anilines is 1.